The lowest BCUT2D eigenvalue weighted by Gasteiger charge is -2.22. The second-order valence-electron chi connectivity index (χ2n) is 22.5. The molecule has 0 radical (unpaired) electrons. The Bertz CT molecular complexity index is 1010. The zero-order chi connectivity index (χ0) is 50.7. The molecule has 70 heavy (non-hydrogen) atoms. The number of unbranched alkanes of at least 4 members (excludes halogenated alkanes) is 50. The highest BCUT2D eigenvalue weighted by molar-refractivity contribution is 5.76. The number of esters is 1. The molecule has 0 aliphatic heterocycles. The largest absolute Gasteiger partial charge is 0.466 e. The van der Waals surface area contributed by atoms with Gasteiger partial charge in [0.2, 0.25) is 5.91 Å². The molecule has 6 heteroatoms. The minimum Gasteiger partial charge on any atom is -0.466 e. The molecule has 418 valence electrons. The Morgan fingerprint density at radius 3 is 0.871 bits per heavy atom. The van der Waals surface area contributed by atoms with Crippen LogP contribution in [0.5, 0.6) is 0 Å². The van der Waals surface area contributed by atoms with E-state index >= 15 is 0 Å². The van der Waals surface area contributed by atoms with Crippen LogP contribution in [-0.2, 0) is 14.3 Å². The molecule has 0 spiro atoms. The molecular weight excluding hydrogens is 863 g/mol. The molecule has 2 atom stereocenters. The van der Waals surface area contributed by atoms with Crippen molar-refractivity contribution in [3.05, 3.63) is 0 Å². The van der Waals surface area contributed by atoms with Crippen LogP contribution in [0.25, 0.3) is 0 Å². The van der Waals surface area contributed by atoms with Gasteiger partial charge in [-0.2, -0.15) is 0 Å². The van der Waals surface area contributed by atoms with Crippen molar-refractivity contribution in [3.8, 4) is 0 Å². The maximum Gasteiger partial charge on any atom is 0.305 e. The monoisotopic (exact) mass is 990 g/mol. The van der Waals surface area contributed by atoms with Crippen LogP contribution >= 0.6 is 0 Å². The Morgan fingerprint density at radius 2 is 0.586 bits per heavy atom. The van der Waals surface area contributed by atoms with E-state index in [0.29, 0.717) is 25.9 Å². The van der Waals surface area contributed by atoms with E-state index in [-0.39, 0.29) is 18.5 Å². The summed E-state index contributed by atoms with van der Waals surface area (Å²) in [5.74, 6) is -0.0285. The third-order valence-electron chi connectivity index (χ3n) is 15.4. The summed E-state index contributed by atoms with van der Waals surface area (Å²) in [6, 6.07) is -0.546. The third kappa shape index (κ3) is 56.2. The highest BCUT2D eigenvalue weighted by atomic mass is 16.5. The number of hydrogen-bond donors (Lipinski definition) is 3. The first-order chi connectivity index (χ1) is 34.5. The zero-order valence-corrected chi connectivity index (χ0v) is 47.8. The number of ether oxygens (including phenoxy) is 1. The van der Waals surface area contributed by atoms with Gasteiger partial charge in [-0.05, 0) is 25.7 Å². The molecule has 0 saturated heterocycles. The Morgan fingerprint density at radius 1 is 0.343 bits per heavy atom. The van der Waals surface area contributed by atoms with Crippen LogP contribution in [0, 0.1) is 0 Å². The summed E-state index contributed by atoms with van der Waals surface area (Å²) in [4.78, 5) is 24.6. The van der Waals surface area contributed by atoms with E-state index in [2.05, 4.69) is 19.2 Å². The van der Waals surface area contributed by atoms with Crippen LogP contribution in [0.15, 0.2) is 0 Å². The molecule has 0 aromatic heterocycles. The van der Waals surface area contributed by atoms with E-state index in [9.17, 15) is 19.8 Å². The number of carbonyl (C=O) groups excluding carboxylic acids is 2. The maximum atomic E-state index is 12.5. The van der Waals surface area contributed by atoms with Gasteiger partial charge in [0, 0.05) is 12.8 Å². The van der Waals surface area contributed by atoms with E-state index < -0.39 is 12.1 Å². The molecule has 0 rings (SSSR count). The van der Waals surface area contributed by atoms with Gasteiger partial charge in [-0.1, -0.05) is 335 Å². The van der Waals surface area contributed by atoms with Gasteiger partial charge >= 0.3 is 5.97 Å². The van der Waals surface area contributed by atoms with Gasteiger partial charge in [-0.3, -0.25) is 9.59 Å². The Balaban J connectivity index is 3.40. The van der Waals surface area contributed by atoms with E-state index in [1.54, 1.807) is 0 Å². The van der Waals surface area contributed by atoms with Crippen LogP contribution in [0.3, 0.4) is 0 Å². The molecule has 0 aliphatic carbocycles. The zero-order valence-electron chi connectivity index (χ0n) is 47.8. The van der Waals surface area contributed by atoms with E-state index in [1.165, 1.54) is 302 Å². The van der Waals surface area contributed by atoms with Crippen molar-refractivity contribution < 1.29 is 24.5 Å². The topological polar surface area (TPSA) is 95.9 Å². The highest BCUT2D eigenvalue weighted by Crippen LogP contribution is 2.19. The summed E-state index contributed by atoms with van der Waals surface area (Å²) >= 11 is 0. The molecular formula is C64H127NO5. The van der Waals surface area contributed by atoms with Crippen molar-refractivity contribution in [2.75, 3.05) is 13.2 Å². The Hall–Kier alpha value is -1.14. The van der Waals surface area contributed by atoms with Gasteiger partial charge in [0.1, 0.15) is 0 Å². The number of carbonyl (C=O) groups is 2. The molecule has 0 aromatic carbocycles. The Labute approximate surface area is 438 Å². The van der Waals surface area contributed by atoms with Crippen molar-refractivity contribution >= 4 is 11.9 Å². The van der Waals surface area contributed by atoms with Crippen LogP contribution < -0.4 is 5.32 Å². The molecule has 0 aromatic rings. The van der Waals surface area contributed by atoms with Gasteiger partial charge in [0.25, 0.3) is 0 Å². The van der Waals surface area contributed by atoms with Crippen LogP contribution in [-0.4, -0.2) is 47.4 Å². The molecule has 0 saturated carbocycles. The average Bonchev–Trinajstić information content (AvgIpc) is 3.36. The fourth-order valence-electron chi connectivity index (χ4n) is 10.5. The average molecular weight is 991 g/mol. The minimum absolute atomic E-state index is 0.00821. The fourth-order valence-corrected chi connectivity index (χ4v) is 10.5. The van der Waals surface area contributed by atoms with E-state index in [4.69, 9.17) is 4.74 Å². The quantitative estimate of drug-likeness (QED) is 0.0417. The van der Waals surface area contributed by atoms with Crippen molar-refractivity contribution in [1.82, 2.24) is 5.32 Å². The summed E-state index contributed by atoms with van der Waals surface area (Å²) in [5, 5.41) is 23.4. The lowest BCUT2D eigenvalue weighted by Crippen LogP contribution is -2.45. The summed E-state index contributed by atoms with van der Waals surface area (Å²) in [6.45, 7) is 4.98. The van der Waals surface area contributed by atoms with Crippen LogP contribution in [0.1, 0.15) is 373 Å². The summed E-state index contributed by atoms with van der Waals surface area (Å²) in [6.07, 6.45) is 71.1. The summed E-state index contributed by atoms with van der Waals surface area (Å²) in [7, 11) is 0. The number of aliphatic hydroxyl groups excluding tert-OH is 2. The molecule has 0 fully saturated rings. The first kappa shape index (κ1) is 68.9. The predicted molar refractivity (Wildman–Crippen MR) is 306 cm³/mol. The van der Waals surface area contributed by atoms with Gasteiger partial charge in [0.05, 0.1) is 25.4 Å². The first-order valence-corrected chi connectivity index (χ1v) is 32.3. The number of aliphatic hydroxyl groups is 2. The summed E-state index contributed by atoms with van der Waals surface area (Å²) < 4.78 is 5.49. The lowest BCUT2D eigenvalue weighted by molar-refractivity contribution is -0.143. The van der Waals surface area contributed by atoms with Gasteiger partial charge in [-0.15, -0.1) is 0 Å². The first-order valence-electron chi connectivity index (χ1n) is 32.3. The SMILES string of the molecule is CCCCCCCCCCCCCCCCCCCCCCCC(O)C(CO)NC(=O)CCCCCCCCCCCCCCCCCCOC(=O)CCCCCCCCCCCCCCCCCC. The van der Waals surface area contributed by atoms with Crippen molar-refractivity contribution in [3.63, 3.8) is 0 Å². The number of hydrogen-bond acceptors (Lipinski definition) is 5. The van der Waals surface area contributed by atoms with Gasteiger partial charge in [0.15, 0.2) is 0 Å². The van der Waals surface area contributed by atoms with Crippen LogP contribution in [0.2, 0.25) is 0 Å². The van der Waals surface area contributed by atoms with Gasteiger partial charge in [-0.25, -0.2) is 0 Å². The van der Waals surface area contributed by atoms with Crippen molar-refractivity contribution in [2.24, 2.45) is 0 Å². The fraction of sp³-hybridized carbons (Fsp3) is 0.969. The number of amides is 1. The number of rotatable bonds is 61. The third-order valence-corrected chi connectivity index (χ3v) is 15.4. The standard InChI is InChI=1S/C64H127NO5/c1-3-5-7-9-11-13-15-17-19-21-22-23-24-25-28-32-36-40-44-48-52-56-62(67)61(60-66)65-63(68)57-53-49-45-41-37-33-29-26-27-31-35-39-43-47-51-55-59-70-64(69)58-54-50-46-42-38-34-30-20-18-16-14-12-10-8-6-4-2/h61-62,66-67H,3-60H2,1-2H3,(H,65,68). The molecule has 1 amide bonds. The van der Waals surface area contributed by atoms with E-state index in [0.717, 1.165) is 38.5 Å². The van der Waals surface area contributed by atoms with Crippen molar-refractivity contribution in [1.29, 1.82) is 0 Å². The van der Waals surface area contributed by atoms with Crippen molar-refractivity contribution in [2.45, 2.75) is 386 Å². The van der Waals surface area contributed by atoms with E-state index in [1.807, 2.05) is 0 Å². The maximum absolute atomic E-state index is 12.5. The smallest absolute Gasteiger partial charge is 0.305 e. The second-order valence-corrected chi connectivity index (χ2v) is 22.5. The second kappa shape index (κ2) is 60.4. The summed E-state index contributed by atoms with van der Waals surface area (Å²) in [5.41, 5.74) is 0. The normalized spacial score (nSPS) is 12.5. The molecule has 6 nitrogen and oxygen atoms in total. The minimum atomic E-state index is -0.669. The molecule has 0 aliphatic rings. The molecule has 0 bridgehead atoms. The Kier molecular flexibility index (Phi) is 59.4. The lowest BCUT2D eigenvalue weighted by atomic mass is 10.0. The molecule has 2 unspecified atom stereocenters. The predicted octanol–water partition coefficient (Wildman–Crippen LogP) is 20.3. The highest BCUT2D eigenvalue weighted by Gasteiger charge is 2.20. The van der Waals surface area contributed by atoms with Crippen LogP contribution in [0.4, 0.5) is 0 Å². The number of nitrogens with one attached hydrogen (secondary N) is 1. The molecule has 3 N–H and O–H groups in total. The van der Waals surface area contributed by atoms with Gasteiger partial charge < -0.3 is 20.3 Å². The molecule has 0 heterocycles.